The highest BCUT2D eigenvalue weighted by Gasteiger charge is 2.33. The summed E-state index contributed by atoms with van der Waals surface area (Å²) >= 11 is 3.02. The molecule has 2 N–H and O–H groups in total. The SMILES string of the molecule is O=C(CC1SC(=Nc2ccc(CCC(=O)Oc3ccccc3N3CCSCC3)cc2)NC1=O)Nc1ccc(OC(F)(F)F)cc1. The van der Waals surface area contributed by atoms with Gasteiger partial charge in [-0.2, -0.15) is 11.8 Å². The number of anilines is 2. The number of carbonyl (C=O) groups excluding carboxylic acids is 3. The predicted octanol–water partition coefficient (Wildman–Crippen LogP) is 5.92. The van der Waals surface area contributed by atoms with Gasteiger partial charge in [0, 0.05) is 43.1 Å². The fraction of sp³-hybridized carbons (Fsp3) is 0.290. The van der Waals surface area contributed by atoms with E-state index in [0.29, 0.717) is 23.0 Å². The zero-order chi connectivity index (χ0) is 31.8. The highest BCUT2D eigenvalue weighted by molar-refractivity contribution is 8.15. The molecule has 0 aliphatic carbocycles. The Kier molecular flexibility index (Phi) is 10.6. The number of halogens is 3. The summed E-state index contributed by atoms with van der Waals surface area (Å²) in [5, 5.41) is 4.84. The molecule has 2 fully saturated rings. The van der Waals surface area contributed by atoms with Gasteiger partial charge in [-0.05, 0) is 60.5 Å². The number of nitrogens with zero attached hydrogens (tertiary/aromatic N) is 2. The first-order chi connectivity index (χ1) is 21.6. The van der Waals surface area contributed by atoms with Gasteiger partial charge in [-0.25, -0.2) is 4.99 Å². The summed E-state index contributed by atoms with van der Waals surface area (Å²) in [6, 6.07) is 19.6. The Morgan fingerprint density at radius 2 is 1.71 bits per heavy atom. The maximum absolute atomic E-state index is 12.6. The normalized spacial score (nSPS) is 17.6. The van der Waals surface area contributed by atoms with Gasteiger partial charge < -0.3 is 25.0 Å². The van der Waals surface area contributed by atoms with E-state index in [2.05, 4.69) is 25.3 Å². The molecule has 2 heterocycles. The number of benzene rings is 3. The Labute approximate surface area is 265 Å². The third-order valence-corrected chi connectivity index (χ3v) is 8.77. The molecule has 0 radical (unpaired) electrons. The maximum atomic E-state index is 12.6. The van der Waals surface area contributed by atoms with Crippen LogP contribution in [0.5, 0.6) is 11.5 Å². The van der Waals surface area contributed by atoms with E-state index in [4.69, 9.17) is 4.74 Å². The molecule has 2 aliphatic heterocycles. The van der Waals surface area contributed by atoms with Crippen molar-refractivity contribution in [3.63, 3.8) is 0 Å². The van der Waals surface area contributed by atoms with E-state index in [1.807, 2.05) is 48.2 Å². The predicted molar refractivity (Wildman–Crippen MR) is 169 cm³/mol. The molecule has 0 aromatic heterocycles. The smallest absolute Gasteiger partial charge is 0.424 e. The highest BCUT2D eigenvalue weighted by Crippen LogP contribution is 2.31. The minimum atomic E-state index is -4.81. The molecule has 1 unspecified atom stereocenters. The zero-order valence-electron chi connectivity index (χ0n) is 23.8. The van der Waals surface area contributed by atoms with Crippen LogP contribution in [0.15, 0.2) is 77.8 Å². The zero-order valence-corrected chi connectivity index (χ0v) is 25.5. The van der Waals surface area contributed by atoms with Gasteiger partial charge in [0.25, 0.3) is 0 Å². The summed E-state index contributed by atoms with van der Waals surface area (Å²) in [4.78, 5) is 44.2. The van der Waals surface area contributed by atoms with E-state index in [-0.39, 0.29) is 30.4 Å². The lowest BCUT2D eigenvalue weighted by atomic mass is 10.1. The van der Waals surface area contributed by atoms with Gasteiger partial charge in [0.2, 0.25) is 11.8 Å². The van der Waals surface area contributed by atoms with Crippen LogP contribution in [-0.4, -0.2) is 59.2 Å². The second kappa shape index (κ2) is 14.7. The minimum absolute atomic E-state index is 0.160. The molecule has 1 atom stereocenters. The number of aryl methyl sites for hydroxylation is 1. The lowest BCUT2D eigenvalue weighted by molar-refractivity contribution is -0.274. The Morgan fingerprint density at radius 3 is 2.42 bits per heavy atom. The van der Waals surface area contributed by atoms with Crippen molar-refractivity contribution in [3.8, 4) is 11.5 Å². The van der Waals surface area contributed by atoms with Crippen molar-refractivity contribution in [2.45, 2.75) is 30.9 Å². The third kappa shape index (κ3) is 9.66. The van der Waals surface area contributed by atoms with Crippen LogP contribution in [0.25, 0.3) is 0 Å². The van der Waals surface area contributed by atoms with Crippen LogP contribution in [0.3, 0.4) is 0 Å². The summed E-state index contributed by atoms with van der Waals surface area (Å²) in [6.45, 7) is 1.83. The number of hydrogen-bond donors (Lipinski definition) is 2. The Morgan fingerprint density at radius 1 is 1.00 bits per heavy atom. The fourth-order valence-electron chi connectivity index (χ4n) is 4.60. The quantitative estimate of drug-likeness (QED) is 0.204. The molecule has 236 valence electrons. The van der Waals surface area contributed by atoms with E-state index in [1.165, 1.54) is 12.1 Å². The molecule has 2 saturated heterocycles. The van der Waals surface area contributed by atoms with Crippen LogP contribution in [0.1, 0.15) is 18.4 Å². The van der Waals surface area contributed by atoms with Gasteiger partial charge >= 0.3 is 12.3 Å². The molecule has 3 aromatic rings. The minimum Gasteiger partial charge on any atom is -0.424 e. The van der Waals surface area contributed by atoms with E-state index < -0.39 is 23.3 Å². The van der Waals surface area contributed by atoms with Crippen molar-refractivity contribution in [1.82, 2.24) is 5.32 Å². The van der Waals surface area contributed by atoms with Crippen LogP contribution in [-0.2, 0) is 20.8 Å². The second-order valence-electron chi connectivity index (χ2n) is 10.0. The first-order valence-electron chi connectivity index (χ1n) is 14.0. The molecule has 45 heavy (non-hydrogen) atoms. The number of para-hydroxylation sites is 2. The van der Waals surface area contributed by atoms with E-state index in [9.17, 15) is 27.6 Å². The number of esters is 1. The number of carbonyl (C=O) groups is 3. The third-order valence-electron chi connectivity index (χ3n) is 6.74. The molecule has 0 saturated carbocycles. The molecule has 9 nitrogen and oxygen atoms in total. The fourth-order valence-corrected chi connectivity index (χ4v) is 6.49. The van der Waals surface area contributed by atoms with Crippen LogP contribution >= 0.6 is 23.5 Å². The lowest BCUT2D eigenvalue weighted by Gasteiger charge is -2.29. The first kappa shape index (κ1) is 32.2. The summed E-state index contributed by atoms with van der Waals surface area (Å²) in [6.07, 6.45) is -4.28. The van der Waals surface area contributed by atoms with Crippen molar-refractivity contribution in [2.24, 2.45) is 4.99 Å². The summed E-state index contributed by atoms with van der Waals surface area (Å²) < 4.78 is 46.5. The van der Waals surface area contributed by atoms with Gasteiger partial charge in [-0.15, -0.1) is 13.2 Å². The Bertz CT molecular complexity index is 1550. The van der Waals surface area contributed by atoms with E-state index in [1.54, 1.807) is 12.1 Å². The number of rotatable bonds is 10. The number of alkyl halides is 3. The molecular formula is C31H29F3N4O5S2. The number of amides is 2. The van der Waals surface area contributed by atoms with Crippen molar-refractivity contribution >= 4 is 63.5 Å². The van der Waals surface area contributed by atoms with Gasteiger partial charge in [0.1, 0.15) is 11.0 Å². The average Bonchev–Trinajstić information content (AvgIpc) is 3.35. The monoisotopic (exact) mass is 658 g/mol. The van der Waals surface area contributed by atoms with Crippen molar-refractivity contribution in [3.05, 3.63) is 78.4 Å². The summed E-state index contributed by atoms with van der Waals surface area (Å²) in [5.41, 5.74) is 2.71. The molecule has 2 aliphatic rings. The van der Waals surface area contributed by atoms with Gasteiger partial charge in [-0.1, -0.05) is 36.0 Å². The largest absolute Gasteiger partial charge is 0.573 e. The molecule has 0 spiro atoms. The first-order valence-corrected chi connectivity index (χ1v) is 16.1. The maximum Gasteiger partial charge on any atom is 0.573 e. The van der Waals surface area contributed by atoms with Gasteiger partial charge in [0.15, 0.2) is 10.9 Å². The molecule has 5 rings (SSSR count). The number of ether oxygens (including phenoxy) is 2. The van der Waals surface area contributed by atoms with Crippen LogP contribution in [0.4, 0.5) is 30.2 Å². The molecule has 3 aromatic carbocycles. The molecule has 0 bridgehead atoms. The van der Waals surface area contributed by atoms with E-state index >= 15 is 0 Å². The second-order valence-corrected chi connectivity index (χ2v) is 12.5. The lowest BCUT2D eigenvalue weighted by Crippen LogP contribution is -2.32. The summed E-state index contributed by atoms with van der Waals surface area (Å²) in [5.74, 6) is 1.07. The van der Waals surface area contributed by atoms with E-state index in [0.717, 1.165) is 59.7 Å². The van der Waals surface area contributed by atoms with Crippen LogP contribution < -0.4 is 25.0 Å². The molecule has 14 heteroatoms. The molecular weight excluding hydrogens is 629 g/mol. The number of nitrogens with one attached hydrogen (secondary N) is 2. The number of hydrogen-bond acceptors (Lipinski definition) is 9. The highest BCUT2D eigenvalue weighted by atomic mass is 32.2. The van der Waals surface area contributed by atoms with Gasteiger partial charge in [-0.3, -0.25) is 14.4 Å². The Hall–Kier alpha value is -4.17. The van der Waals surface area contributed by atoms with Gasteiger partial charge in [0.05, 0.1) is 11.4 Å². The standard InChI is InChI=1S/C31H29F3N4O5S2/c32-31(33,34)43-23-12-10-21(11-13-23)35-27(39)19-26-29(41)37-30(45-26)36-22-8-5-20(6-9-22)7-14-28(40)42-25-4-2-1-3-24(25)38-15-17-44-18-16-38/h1-6,8-13,26H,7,14-19H2,(H,35,39)(H,36,37,41). The van der Waals surface area contributed by atoms with Crippen LogP contribution in [0.2, 0.25) is 0 Å². The Balaban J connectivity index is 1.08. The van der Waals surface area contributed by atoms with Crippen molar-refractivity contribution in [1.29, 1.82) is 0 Å². The number of amidine groups is 1. The van der Waals surface area contributed by atoms with Crippen LogP contribution in [0, 0.1) is 0 Å². The average molecular weight is 659 g/mol. The number of aliphatic imine (C=N–C) groups is 1. The van der Waals surface area contributed by atoms with Crippen molar-refractivity contribution in [2.75, 3.05) is 34.8 Å². The summed E-state index contributed by atoms with van der Waals surface area (Å²) in [7, 11) is 0. The van der Waals surface area contributed by atoms with Crippen molar-refractivity contribution < 1.29 is 37.0 Å². The number of thioether (sulfide) groups is 2. The molecule has 2 amide bonds. The topological polar surface area (TPSA) is 109 Å².